The lowest BCUT2D eigenvalue weighted by atomic mass is 9.61. The Morgan fingerprint density at radius 2 is 0.319 bits per heavy atom. The third kappa shape index (κ3) is 13.7. The summed E-state index contributed by atoms with van der Waals surface area (Å²) in [5, 5.41) is 19.1. The predicted octanol–water partition coefficient (Wildman–Crippen LogP) is 33.7. The molecule has 8 nitrogen and oxygen atoms in total. The second-order valence-electron chi connectivity index (χ2n) is 38.4. The molecule has 6 aliphatic carbocycles. The van der Waals surface area contributed by atoms with Crippen molar-refractivity contribution in [3.05, 3.63) is 552 Å². The molecule has 4 heterocycles. The summed E-state index contributed by atoms with van der Waals surface area (Å²) in [4.78, 5) is 43.4. The zero-order chi connectivity index (χ0) is 94.6. The predicted molar refractivity (Wildman–Crippen MR) is 590 cm³/mol. The number of hydrogen-bond donors (Lipinski definition) is 0. The Kier molecular flexibility index (Phi) is 19.2. The number of aromatic nitrogens is 8. The summed E-state index contributed by atoms with van der Waals surface area (Å²) in [5.41, 5.74) is 35.7. The molecular weight excluding hydrogens is 1750 g/mol. The minimum Gasteiger partial charge on any atom is -0.228 e. The van der Waals surface area contributed by atoms with Gasteiger partial charge in [0.15, 0.2) is 23.3 Å². The van der Waals surface area contributed by atoms with Gasteiger partial charge in [-0.05, 0) is 226 Å². The van der Waals surface area contributed by atoms with Crippen molar-refractivity contribution in [1.82, 2.24) is 39.9 Å². The van der Waals surface area contributed by atoms with Gasteiger partial charge >= 0.3 is 0 Å². The van der Waals surface area contributed by atoms with Crippen LogP contribution in [0.1, 0.15) is 90.4 Å². The van der Waals surface area contributed by atoms with Gasteiger partial charge in [-0.25, -0.2) is 39.9 Å². The van der Waals surface area contributed by atoms with E-state index in [1.165, 1.54) is 153 Å². The number of nitrogens with zero attached hydrogens (tertiary/aromatic N) is 8. The van der Waals surface area contributed by atoms with Gasteiger partial charge < -0.3 is 0 Å². The number of fused-ring (bicyclic) bond motifs is 10. The monoisotopic (exact) mass is 1830 g/mol. The zero-order valence-electron chi connectivity index (χ0n) is 78.1. The molecule has 26 aromatic rings. The average molecular weight is 1830 g/mol. The highest BCUT2D eigenvalue weighted by atomic mass is 14.9. The van der Waals surface area contributed by atoms with Crippen LogP contribution >= 0.6 is 0 Å². The molecule has 0 saturated heterocycles. The first-order chi connectivity index (χ1) is 71.4. The third-order valence-corrected chi connectivity index (χ3v) is 30.4. The summed E-state index contributed by atoms with van der Waals surface area (Å²) in [6.07, 6.45) is 0. The van der Waals surface area contributed by atoms with E-state index in [4.69, 9.17) is 39.9 Å². The molecule has 0 fully saturated rings. The molecule has 668 valence electrons. The summed E-state index contributed by atoms with van der Waals surface area (Å²) >= 11 is 0. The van der Waals surface area contributed by atoms with Gasteiger partial charge in [0.2, 0.25) is 0 Å². The van der Waals surface area contributed by atoms with Gasteiger partial charge in [0.05, 0.1) is 45.6 Å². The largest absolute Gasteiger partial charge is 0.228 e. The molecule has 144 heavy (non-hydrogen) atoms. The van der Waals surface area contributed by atoms with Crippen molar-refractivity contribution in [3.63, 3.8) is 0 Å². The Balaban J connectivity index is 0.000000137. The fourth-order valence-electron chi connectivity index (χ4n) is 24.0. The van der Waals surface area contributed by atoms with Crippen LogP contribution in [0.4, 0.5) is 0 Å². The Morgan fingerprint density at radius 1 is 0.118 bits per heavy atom. The van der Waals surface area contributed by atoms with E-state index in [1.807, 2.05) is 0 Å². The number of benzene rings is 22. The molecule has 0 amide bonds. The second kappa shape index (κ2) is 33.5. The lowest BCUT2D eigenvalue weighted by Crippen LogP contribution is -2.27. The molecule has 22 aromatic carbocycles. The first-order valence-electron chi connectivity index (χ1n) is 49.5. The van der Waals surface area contributed by atoms with E-state index < -0.39 is 0 Å². The van der Waals surface area contributed by atoms with Crippen LogP contribution in [0.25, 0.3) is 222 Å². The molecule has 0 aliphatic heterocycles. The van der Waals surface area contributed by atoms with E-state index >= 15 is 0 Å². The molecule has 4 aromatic heterocycles. The van der Waals surface area contributed by atoms with Gasteiger partial charge in [-0.2, -0.15) is 0 Å². The minimum atomic E-state index is 0.0261. The summed E-state index contributed by atoms with van der Waals surface area (Å²) in [7, 11) is 0. The van der Waals surface area contributed by atoms with E-state index in [1.54, 1.807) is 0 Å². The quantitative estimate of drug-likeness (QED) is 0.0880. The van der Waals surface area contributed by atoms with Gasteiger partial charge in [0, 0.05) is 90.4 Å². The first kappa shape index (κ1) is 82.3. The summed E-state index contributed by atoms with van der Waals surface area (Å²) in [6, 6.07) is 175. The first-order valence-corrected chi connectivity index (χ1v) is 49.5. The molecule has 32 rings (SSSR count). The van der Waals surface area contributed by atoms with Crippen LogP contribution in [-0.2, 0) is 0 Å². The summed E-state index contributed by atoms with van der Waals surface area (Å²) in [6.45, 7) is 0. The van der Waals surface area contributed by atoms with Crippen molar-refractivity contribution in [3.8, 4) is 136 Å². The molecule has 0 N–H and O–H groups in total. The van der Waals surface area contributed by atoms with Crippen LogP contribution in [0.3, 0.4) is 0 Å². The van der Waals surface area contributed by atoms with E-state index in [9.17, 15) is 0 Å². The van der Waals surface area contributed by atoms with E-state index in [-0.39, 0.29) is 23.7 Å². The Morgan fingerprint density at radius 3 is 0.597 bits per heavy atom. The molecule has 0 saturated carbocycles. The van der Waals surface area contributed by atoms with E-state index in [0.717, 1.165) is 112 Å². The van der Waals surface area contributed by atoms with Crippen LogP contribution in [-0.4, -0.2) is 39.9 Å². The maximum Gasteiger partial charge on any atom is 0.160 e. The van der Waals surface area contributed by atoms with Crippen molar-refractivity contribution in [2.75, 3.05) is 0 Å². The maximum atomic E-state index is 5.51. The average Bonchev–Trinajstić information content (AvgIpc) is 0.698. The fraction of sp³-hybridized carbons (Fsp3) is 0.0294. The van der Waals surface area contributed by atoms with Crippen molar-refractivity contribution in [2.45, 2.75) is 23.7 Å². The normalized spacial score (nSPS) is 14.4. The number of hydrogen-bond acceptors (Lipinski definition) is 8. The smallest absolute Gasteiger partial charge is 0.160 e. The van der Waals surface area contributed by atoms with Gasteiger partial charge in [0.25, 0.3) is 0 Å². The van der Waals surface area contributed by atoms with Crippen LogP contribution in [0.15, 0.2) is 485 Å². The molecule has 0 radical (unpaired) electrons. The van der Waals surface area contributed by atoms with Crippen molar-refractivity contribution < 1.29 is 0 Å². The lowest BCUT2D eigenvalue weighted by Gasteiger charge is -2.42. The van der Waals surface area contributed by atoms with Gasteiger partial charge in [-0.1, -0.05) is 413 Å². The third-order valence-electron chi connectivity index (χ3n) is 30.4. The molecule has 4 bridgehead atoms. The van der Waals surface area contributed by atoms with Crippen LogP contribution in [0.2, 0.25) is 0 Å². The standard InChI is InChI=1S/2C68H42N4/c1-3-17-41(18-4-1)59-39-61(65-49-25-11-7-21-43(49)35-44-22-8-12-26-50(44)65)71-67(69-59)47-31-33-55-57(37-47)63-53-29-15-16-30-54(53)64(55)58-38-48(32-34-56(58)63)68-70-60(42-19-5-2-6-20-42)40-62(72-68)66-51-27-13-9-23-45(51)36-46-24-10-14-28-52(46)66;1-3-17-41(18-4-1)61-39-63(57-35-43-21-7-9-23-47(43)49-25-11-13-27-51(49)57)71-67(69-61)45-31-33-55-59(37-45)65-53-29-15-16-30-54(53)66(55)60-38-46(32-34-56(60)65)68-70-62(42-19-5-2-6-20-42)40-64(72-68)58-36-44-22-8-10-24-48(44)50-26-12-14-28-52(50)58/h1-40,63-64H;1-40,65-66H. The molecule has 4 unspecified atom stereocenters. The minimum absolute atomic E-state index is 0.0261. The highest BCUT2D eigenvalue weighted by Crippen LogP contribution is 2.60. The Bertz CT molecular complexity index is 9160. The van der Waals surface area contributed by atoms with Crippen molar-refractivity contribution in [1.29, 1.82) is 0 Å². The summed E-state index contributed by atoms with van der Waals surface area (Å²) < 4.78 is 0. The molecule has 8 heteroatoms. The molecule has 0 spiro atoms. The number of rotatable bonds is 12. The van der Waals surface area contributed by atoms with Crippen molar-refractivity contribution >= 4 is 86.2 Å². The van der Waals surface area contributed by atoms with E-state index in [0.29, 0.717) is 23.3 Å². The van der Waals surface area contributed by atoms with Gasteiger partial charge in [-0.15, -0.1) is 0 Å². The SMILES string of the molecule is c1ccc(-c2cc(-c3c4ccccc4cc4ccccc34)nc(-c3ccc4c(c3)C3c5ccccc5C4c4cc(-c5nc(-c6ccccc6)cc(-c6c7ccccc7cc7ccccc67)n5)ccc43)n2)cc1.c1ccc(-c2cc(-c3cc4ccccc4c4ccccc34)nc(-c3ccc4c(c3)C3c5ccccc5C4c4cc(-c5nc(-c6ccccc6)cc(-c6cc7ccccc7c7ccccc67)n5)ccc43)n2)cc1. The highest BCUT2D eigenvalue weighted by Gasteiger charge is 2.44. The van der Waals surface area contributed by atoms with Gasteiger partial charge in [-0.3, -0.25) is 0 Å². The van der Waals surface area contributed by atoms with Crippen molar-refractivity contribution in [2.24, 2.45) is 0 Å². The van der Waals surface area contributed by atoms with Crippen LogP contribution < -0.4 is 0 Å². The summed E-state index contributed by atoms with van der Waals surface area (Å²) in [5.74, 6) is 2.95. The highest BCUT2D eigenvalue weighted by molar-refractivity contribution is 6.17. The molecular formula is C136H84N8. The fourth-order valence-corrected chi connectivity index (χ4v) is 24.0. The zero-order valence-corrected chi connectivity index (χ0v) is 78.1. The Hall–Kier alpha value is -18.8. The molecule has 4 atom stereocenters. The van der Waals surface area contributed by atoms with Gasteiger partial charge in [0.1, 0.15) is 0 Å². The van der Waals surface area contributed by atoms with E-state index in [2.05, 4.69) is 485 Å². The maximum absolute atomic E-state index is 5.51. The molecule has 6 aliphatic rings. The lowest BCUT2D eigenvalue weighted by molar-refractivity contribution is 0.754. The van der Waals surface area contributed by atoms with Crippen LogP contribution in [0.5, 0.6) is 0 Å². The van der Waals surface area contributed by atoms with Crippen LogP contribution in [0, 0.1) is 0 Å². The topological polar surface area (TPSA) is 103 Å². The Labute approximate surface area is 831 Å². The second-order valence-corrected chi connectivity index (χ2v) is 38.4.